The van der Waals surface area contributed by atoms with Crippen molar-refractivity contribution in [2.24, 2.45) is 16.8 Å². The molecule has 28 heavy (non-hydrogen) atoms. The Kier molecular flexibility index (Phi) is 6.69. The summed E-state index contributed by atoms with van der Waals surface area (Å²) in [6, 6.07) is 14.6. The molecule has 5 nitrogen and oxygen atoms in total. The lowest BCUT2D eigenvalue weighted by Crippen LogP contribution is -2.31. The molecule has 6 heteroatoms. The van der Waals surface area contributed by atoms with Crippen LogP contribution in [0.3, 0.4) is 0 Å². The van der Waals surface area contributed by atoms with Gasteiger partial charge < -0.3 is 20.1 Å². The van der Waals surface area contributed by atoms with Crippen molar-refractivity contribution < 1.29 is 9.47 Å². The number of guanidine groups is 1. The molecule has 3 unspecified atom stereocenters. The molecule has 0 aromatic heterocycles. The van der Waals surface area contributed by atoms with Gasteiger partial charge in [-0.3, -0.25) is 4.99 Å². The number of fused-ring (bicyclic) bond motifs is 3. The van der Waals surface area contributed by atoms with Gasteiger partial charge in [-0.15, -0.1) is 24.0 Å². The van der Waals surface area contributed by atoms with Gasteiger partial charge in [-0.05, 0) is 54.4 Å². The molecule has 0 bridgehead atoms. The van der Waals surface area contributed by atoms with Gasteiger partial charge in [0.15, 0.2) is 17.5 Å². The molecule has 0 spiro atoms. The van der Waals surface area contributed by atoms with E-state index in [2.05, 4.69) is 41.8 Å². The summed E-state index contributed by atoms with van der Waals surface area (Å²) < 4.78 is 10.7. The van der Waals surface area contributed by atoms with Crippen LogP contribution in [0.1, 0.15) is 24.0 Å². The van der Waals surface area contributed by atoms with Crippen molar-refractivity contribution >= 4 is 35.6 Å². The van der Waals surface area contributed by atoms with E-state index in [-0.39, 0.29) is 24.0 Å². The van der Waals surface area contributed by atoms with Crippen LogP contribution in [0.4, 0.5) is 5.69 Å². The minimum absolute atomic E-state index is 0. The molecule has 2 aromatic carbocycles. The van der Waals surface area contributed by atoms with E-state index in [0.29, 0.717) is 17.6 Å². The highest BCUT2D eigenvalue weighted by molar-refractivity contribution is 14.0. The highest BCUT2D eigenvalue weighted by Crippen LogP contribution is 2.61. The highest BCUT2D eigenvalue weighted by Gasteiger charge is 2.54. The lowest BCUT2D eigenvalue weighted by molar-refractivity contribution is 0.355. The third kappa shape index (κ3) is 4.06. The molecule has 0 radical (unpaired) electrons. The van der Waals surface area contributed by atoms with Crippen LogP contribution in [0.15, 0.2) is 47.5 Å². The molecule has 4 rings (SSSR count). The zero-order chi connectivity index (χ0) is 18.8. The summed E-state index contributed by atoms with van der Waals surface area (Å²) in [4.78, 5) is 4.85. The maximum absolute atomic E-state index is 5.38. The number of nitrogens with zero attached hydrogens (tertiary/aromatic N) is 1. The molecule has 2 N–H and O–H groups in total. The maximum atomic E-state index is 5.38. The Morgan fingerprint density at radius 3 is 2.64 bits per heavy atom. The van der Waals surface area contributed by atoms with Crippen LogP contribution in [0.2, 0.25) is 0 Å². The smallest absolute Gasteiger partial charge is 0.195 e. The van der Waals surface area contributed by atoms with Gasteiger partial charge in [0, 0.05) is 24.8 Å². The molecule has 0 saturated heterocycles. The first-order valence-corrected chi connectivity index (χ1v) is 9.60. The second kappa shape index (κ2) is 9.03. The van der Waals surface area contributed by atoms with Crippen LogP contribution in [0, 0.1) is 11.8 Å². The van der Waals surface area contributed by atoms with E-state index in [0.717, 1.165) is 36.4 Å². The Labute approximate surface area is 183 Å². The minimum atomic E-state index is 0. The van der Waals surface area contributed by atoms with Gasteiger partial charge in [0.25, 0.3) is 0 Å². The van der Waals surface area contributed by atoms with Crippen molar-refractivity contribution in [1.29, 1.82) is 0 Å². The molecule has 3 atom stereocenters. The van der Waals surface area contributed by atoms with Gasteiger partial charge in [0.05, 0.1) is 14.2 Å². The van der Waals surface area contributed by atoms with Crippen LogP contribution >= 0.6 is 24.0 Å². The summed E-state index contributed by atoms with van der Waals surface area (Å²) >= 11 is 0. The summed E-state index contributed by atoms with van der Waals surface area (Å²) in [6.45, 7) is 3.75. The Balaban J connectivity index is 0.00000225. The van der Waals surface area contributed by atoms with Crippen molar-refractivity contribution in [3.63, 3.8) is 0 Å². The van der Waals surface area contributed by atoms with Gasteiger partial charge in [-0.2, -0.15) is 0 Å². The topological polar surface area (TPSA) is 54.9 Å². The number of methoxy groups -OCH3 is 2. The molecule has 1 fully saturated rings. The normalized spacial score (nSPS) is 21.8. The Morgan fingerprint density at radius 2 is 1.89 bits per heavy atom. The van der Waals surface area contributed by atoms with Crippen LogP contribution in [0.5, 0.6) is 11.5 Å². The zero-order valence-electron chi connectivity index (χ0n) is 16.6. The van der Waals surface area contributed by atoms with E-state index in [9.17, 15) is 0 Å². The monoisotopic (exact) mass is 493 g/mol. The fraction of sp³-hybridized carbons (Fsp3) is 0.409. The molecule has 2 aromatic rings. The van der Waals surface area contributed by atoms with Gasteiger partial charge >= 0.3 is 0 Å². The van der Waals surface area contributed by atoms with Crippen molar-refractivity contribution in [2.45, 2.75) is 19.3 Å². The number of anilines is 1. The maximum Gasteiger partial charge on any atom is 0.195 e. The lowest BCUT2D eigenvalue weighted by atomic mass is 10.0. The lowest BCUT2D eigenvalue weighted by Gasteiger charge is -2.14. The fourth-order valence-electron chi connectivity index (χ4n) is 4.29. The molecule has 2 aliphatic carbocycles. The van der Waals surface area contributed by atoms with E-state index in [4.69, 9.17) is 14.5 Å². The molecule has 0 heterocycles. The molecule has 2 aliphatic rings. The Hall–Kier alpha value is -1.96. The van der Waals surface area contributed by atoms with Crippen molar-refractivity contribution in [3.05, 3.63) is 53.6 Å². The number of hydrogen-bond donors (Lipinski definition) is 2. The summed E-state index contributed by atoms with van der Waals surface area (Å²) in [5.41, 5.74) is 4.00. The van der Waals surface area contributed by atoms with Crippen molar-refractivity contribution in [2.75, 3.05) is 32.6 Å². The Morgan fingerprint density at radius 1 is 1.11 bits per heavy atom. The fourth-order valence-corrected chi connectivity index (χ4v) is 4.29. The average molecular weight is 493 g/mol. The summed E-state index contributed by atoms with van der Waals surface area (Å²) in [5.74, 6) is 4.37. The van der Waals surface area contributed by atoms with Gasteiger partial charge in [0.1, 0.15) is 0 Å². The molecular formula is C22H28IN3O2. The number of aliphatic imine (C=N–C) groups is 1. The van der Waals surface area contributed by atoms with Crippen LogP contribution in [-0.4, -0.2) is 33.3 Å². The van der Waals surface area contributed by atoms with Gasteiger partial charge in [-0.25, -0.2) is 0 Å². The van der Waals surface area contributed by atoms with E-state index < -0.39 is 0 Å². The number of ether oxygens (including phenoxy) is 2. The third-order valence-electron chi connectivity index (χ3n) is 5.65. The van der Waals surface area contributed by atoms with Crippen LogP contribution in [-0.2, 0) is 6.42 Å². The first-order valence-electron chi connectivity index (χ1n) is 9.60. The molecule has 0 amide bonds. The average Bonchev–Trinajstić information content (AvgIpc) is 3.24. The van der Waals surface area contributed by atoms with Gasteiger partial charge in [0.2, 0.25) is 0 Å². The van der Waals surface area contributed by atoms with E-state index in [1.807, 2.05) is 18.2 Å². The molecule has 0 aliphatic heterocycles. The zero-order valence-corrected chi connectivity index (χ0v) is 18.9. The number of halogens is 1. The second-order valence-corrected chi connectivity index (χ2v) is 7.17. The highest BCUT2D eigenvalue weighted by atomic mass is 127. The third-order valence-corrected chi connectivity index (χ3v) is 5.65. The molecule has 150 valence electrons. The molecular weight excluding hydrogens is 465 g/mol. The van der Waals surface area contributed by atoms with Crippen LogP contribution < -0.4 is 20.1 Å². The predicted octanol–water partition coefficient (Wildman–Crippen LogP) is 4.29. The largest absolute Gasteiger partial charge is 0.493 e. The Bertz CT molecular complexity index is 855. The predicted molar refractivity (Wildman–Crippen MR) is 124 cm³/mol. The summed E-state index contributed by atoms with van der Waals surface area (Å²) in [7, 11) is 3.28. The quantitative estimate of drug-likeness (QED) is 0.358. The van der Waals surface area contributed by atoms with E-state index >= 15 is 0 Å². The number of rotatable bonds is 6. The van der Waals surface area contributed by atoms with Crippen molar-refractivity contribution in [1.82, 2.24) is 5.32 Å². The first-order chi connectivity index (χ1) is 13.2. The first kappa shape index (κ1) is 20.8. The molecule has 1 saturated carbocycles. The van der Waals surface area contributed by atoms with E-state index in [1.165, 1.54) is 12.0 Å². The standard InChI is InChI=1S/C22H27N3O2.HI/c1-4-23-22(25-15-9-10-19(26-2)20(12-15)27-3)24-13-18-17-11-14-7-5-6-8-16(14)21(17)18;/h5-10,12,17-18,21H,4,11,13H2,1-3H3,(H2,23,24,25);1H. The number of benzene rings is 2. The van der Waals surface area contributed by atoms with Gasteiger partial charge in [-0.1, -0.05) is 24.3 Å². The minimum Gasteiger partial charge on any atom is -0.493 e. The summed E-state index contributed by atoms with van der Waals surface area (Å²) in [5, 5.41) is 6.71. The van der Waals surface area contributed by atoms with E-state index in [1.54, 1.807) is 19.8 Å². The number of hydrogen-bond acceptors (Lipinski definition) is 3. The summed E-state index contributed by atoms with van der Waals surface area (Å²) in [6.07, 6.45) is 1.21. The number of nitrogens with one attached hydrogen (secondary N) is 2. The SMILES string of the molecule is CCNC(=NCC1C2Cc3ccccc3C12)Nc1ccc(OC)c(OC)c1.I. The second-order valence-electron chi connectivity index (χ2n) is 7.17. The van der Waals surface area contributed by atoms with Crippen molar-refractivity contribution in [3.8, 4) is 11.5 Å². The van der Waals surface area contributed by atoms with Crippen LogP contribution in [0.25, 0.3) is 0 Å².